The highest BCUT2D eigenvalue weighted by Gasteiger charge is 2.25. The molecule has 0 fully saturated rings. The molecule has 0 aliphatic heterocycles. The van der Waals surface area contributed by atoms with Gasteiger partial charge in [-0.15, -0.1) is 0 Å². The van der Waals surface area contributed by atoms with Gasteiger partial charge in [0.2, 0.25) is 5.91 Å². The molecule has 0 heterocycles. The fourth-order valence-corrected chi connectivity index (χ4v) is 1.40. The number of hydrogen-bond donors (Lipinski definition) is 1. The Morgan fingerprint density at radius 2 is 1.71 bits per heavy atom. The van der Waals surface area contributed by atoms with E-state index in [1.54, 1.807) is 20.8 Å². The van der Waals surface area contributed by atoms with E-state index in [9.17, 15) is 13.6 Å². The highest BCUT2D eigenvalue weighted by Crippen LogP contribution is 2.17. The fraction of sp³-hybridized carbons (Fsp3) is 0.417. The van der Waals surface area contributed by atoms with Crippen molar-refractivity contribution in [1.82, 2.24) is 5.01 Å². The maximum atomic E-state index is 12.9. The van der Waals surface area contributed by atoms with Crippen LogP contribution >= 0.6 is 0 Å². The molecular formula is C12H16F2N2O. The summed E-state index contributed by atoms with van der Waals surface area (Å²) in [5, 5.41) is 0.966. The molecule has 0 aliphatic rings. The molecule has 1 aromatic rings. The van der Waals surface area contributed by atoms with Crippen LogP contribution in [0.5, 0.6) is 0 Å². The van der Waals surface area contributed by atoms with Gasteiger partial charge in [0, 0.05) is 11.5 Å². The Kier molecular flexibility index (Phi) is 3.83. The van der Waals surface area contributed by atoms with E-state index >= 15 is 0 Å². The first-order chi connectivity index (χ1) is 7.70. The van der Waals surface area contributed by atoms with E-state index in [1.807, 2.05) is 0 Å². The first kappa shape index (κ1) is 13.6. The third-order valence-corrected chi connectivity index (χ3v) is 2.18. The fourth-order valence-electron chi connectivity index (χ4n) is 1.40. The topological polar surface area (TPSA) is 46.3 Å². The largest absolute Gasteiger partial charge is 0.276 e. The van der Waals surface area contributed by atoms with Crippen LogP contribution in [0.2, 0.25) is 0 Å². The third kappa shape index (κ3) is 3.78. The quantitative estimate of drug-likeness (QED) is 0.491. The smallest absolute Gasteiger partial charge is 0.242 e. The highest BCUT2D eigenvalue weighted by molar-refractivity contribution is 5.80. The molecule has 0 saturated carbocycles. The monoisotopic (exact) mass is 242 g/mol. The van der Waals surface area contributed by atoms with Gasteiger partial charge in [-0.2, -0.15) is 0 Å². The molecule has 0 radical (unpaired) electrons. The Hall–Kier alpha value is -1.49. The lowest BCUT2D eigenvalue weighted by atomic mass is 9.95. The number of hydrogen-bond acceptors (Lipinski definition) is 2. The average molecular weight is 242 g/mol. The lowest BCUT2D eigenvalue weighted by molar-refractivity contribution is -0.140. The second-order valence-corrected chi connectivity index (χ2v) is 4.96. The van der Waals surface area contributed by atoms with Crippen LogP contribution in [0.4, 0.5) is 8.78 Å². The maximum absolute atomic E-state index is 12.9. The van der Waals surface area contributed by atoms with E-state index in [0.717, 1.165) is 23.2 Å². The number of rotatable bonds is 2. The first-order valence-corrected chi connectivity index (χ1v) is 5.22. The second-order valence-electron chi connectivity index (χ2n) is 4.96. The predicted octanol–water partition coefficient (Wildman–Crippen LogP) is 2.21. The molecule has 0 bridgehead atoms. The van der Waals surface area contributed by atoms with Crippen LogP contribution in [0.1, 0.15) is 26.3 Å². The number of nitrogens with two attached hydrogens (primary N) is 1. The van der Waals surface area contributed by atoms with Crippen LogP contribution in [-0.2, 0) is 11.3 Å². The number of halogens is 2. The SMILES string of the molecule is CC(C)(C)C(=O)N(N)Cc1cc(F)cc(F)c1. The maximum Gasteiger partial charge on any atom is 0.242 e. The van der Waals surface area contributed by atoms with Gasteiger partial charge in [0.05, 0.1) is 6.54 Å². The number of benzene rings is 1. The van der Waals surface area contributed by atoms with Crippen molar-refractivity contribution in [3.63, 3.8) is 0 Å². The minimum absolute atomic E-state index is 0.0230. The van der Waals surface area contributed by atoms with Crippen LogP contribution < -0.4 is 5.84 Å². The van der Waals surface area contributed by atoms with Crippen molar-refractivity contribution in [2.45, 2.75) is 27.3 Å². The van der Waals surface area contributed by atoms with Gasteiger partial charge in [-0.1, -0.05) is 20.8 Å². The Bertz CT molecular complexity index is 407. The Morgan fingerprint density at radius 1 is 1.24 bits per heavy atom. The lowest BCUT2D eigenvalue weighted by Crippen LogP contribution is -2.43. The number of amides is 1. The molecule has 0 spiro atoms. The van der Waals surface area contributed by atoms with Gasteiger partial charge in [-0.05, 0) is 17.7 Å². The first-order valence-electron chi connectivity index (χ1n) is 5.22. The van der Waals surface area contributed by atoms with Gasteiger partial charge in [0.15, 0.2) is 0 Å². The lowest BCUT2D eigenvalue weighted by Gasteiger charge is -2.25. The van der Waals surface area contributed by atoms with Gasteiger partial charge in [0.25, 0.3) is 0 Å². The predicted molar refractivity (Wildman–Crippen MR) is 60.6 cm³/mol. The molecule has 0 aliphatic carbocycles. The summed E-state index contributed by atoms with van der Waals surface area (Å²) in [6.45, 7) is 5.15. The average Bonchev–Trinajstić information content (AvgIpc) is 2.13. The molecular weight excluding hydrogens is 226 g/mol. The molecule has 0 aromatic heterocycles. The minimum atomic E-state index is -0.684. The molecule has 5 heteroatoms. The second kappa shape index (κ2) is 4.79. The van der Waals surface area contributed by atoms with E-state index in [-0.39, 0.29) is 12.5 Å². The van der Waals surface area contributed by atoms with Gasteiger partial charge in [0.1, 0.15) is 11.6 Å². The number of carbonyl (C=O) groups excluding carboxylic acids is 1. The molecule has 17 heavy (non-hydrogen) atoms. The highest BCUT2D eigenvalue weighted by atomic mass is 19.1. The third-order valence-electron chi connectivity index (χ3n) is 2.18. The van der Waals surface area contributed by atoms with E-state index in [1.165, 1.54) is 0 Å². The Morgan fingerprint density at radius 3 is 2.12 bits per heavy atom. The van der Waals surface area contributed by atoms with Crippen LogP contribution in [0.3, 0.4) is 0 Å². The summed E-state index contributed by atoms with van der Waals surface area (Å²) in [7, 11) is 0. The van der Waals surface area contributed by atoms with Gasteiger partial charge >= 0.3 is 0 Å². The molecule has 1 amide bonds. The number of hydrazine groups is 1. The molecule has 0 atom stereocenters. The summed E-state index contributed by atoms with van der Waals surface area (Å²) in [5.41, 5.74) is -0.303. The van der Waals surface area contributed by atoms with Gasteiger partial charge in [-0.3, -0.25) is 9.80 Å². The van der Waals surface area contributed by atoms with Crippen LogP contribution in [0.15, 0.2) is 18.2 Å². The summed E-state index contributed by atoms with van der Waals surface area (Å²) >= 11 is 0. The zero-order chi connectivity index (χ0) is 13.2. The summed E-state index contributed by atoms with van der Waals surface area (Å²) in [6, 6.07) is 3.08. The molecule has 3 nitrogen and oxygen atoms in total. The Labute approximate surface area is 99.2 Å². The number of nitrogens with zero attached hydrogens (tertiary/aromatic N) is 1. The van der Waals surface area contributed by atoms with Crippen molar-refractivity contribution < 1.29 is 13.6 Å². The zero-order valence-corrected chi connectivity index (χ0v) is 10.1. The summed E-state index contributed by atoms with van der Waals surface area (Å²) in [4.78, 5) is 11.8. The molecule has 1 rings (SSSR count). The van der Waals surface area contributed by atoms with Crippen molar-refractivity contribution in [1.29, 1.82) is 0 Å². The number of carbonyl (C=O) groups is 1. The van der Waals surface area contributed by atoms with E-state index in [4.69, 9.17) is 5.84 Å². The van der Waals surface area contributed by atoms with E-state index in [2.05, 4.69) is 0 Å². The molecule has 1 aromatic carbocycles. The van der Waals surface area contributed by atoms with Crippen LogP contribution in [0, 0.1) is 17.0 Å². The van der Waals surface area contributed by atoms with Crippen LogP contribution in [0.25, 0.3) is 0 Å². The van der Waals surface area contributed by atoms with Gasteiger partial charge < -0.3 is 0 Å². The Balaban J connectivity index is 2.81. The zero-order valence-electron chi connectivity index (χ0n) is 10.1. The molecule has 94 valence electrons. The molecule has 2 N–H and O–H groups in total. The summed E-state index contributed by atoms with van der Waals surface area (Å²) < 4.78 is 25.9. The van der Waals surface area contributed by atoms with Gasteiger partial charge in [-0.25, -0.2) is 14.6 Å². The van der Waals surface area contributed by atoms with E-state index < -0.39 is 17.0 Å². The normalized spacial score (nSPS) is 11.4. The summed E-state index contributed by atoms with van der Waals surface area (Å²) in [6.07, 6.45) is 0. The minimum Gasteiger partial charge on any atom is -0.276 e. The van der Waals surface area contributed by atoms with Crippen molar-refractivity contribution in [3.05, 3.63) is 35.4 Å². The van der Waals surface area contributed by atoms with Crippen molar-refractivity contribution in [2.75, 3.05) is 0 Å². The summed E-state index contributed by atoms with van der Waals surface area (Å²) in [5.74, 6) is 3.92. The standard InChI is InChI=1S/C12H16F2N2O/c1-12(2,3)11(17)16(15)7-8-4-9(13)6-10(14)5-8/h4-6H,7,15H2,1-3H3. The molecule has 0 saturated heterocycles. The van der Waals surface area contributed by atoms with Crippen molar-refractivity contribution in [2.24, 2.45) is 11.3 Å². The van der Waals surface area contributed by atoms with Crippen molar-refractivity contribution >= 4 is 5.91 Å². The van der Waals surface area contributed by atoms with E-state index in [0.29, 0.717) is 5.56 Å². The molecule has 0 unspecified atom stereocenters. The van der Waals surface area contributed by atoms with Crippen LogP contribution in [-0.4, -0.2) is 10.9 Å². The van der Waals surface area contributed by atoms with Crippen molar-refractivity contribution in [3.8, 4) is 0 Å².